The summed E-state index contributed by atoms with van der Waals surface area (Å²) in [5, 5.41) is 11.5. The molecule has 3 rings (SSSR count). The SMILES string of the molecule is Cc1nnc(SCC(=O)Nc2ccc(N3CCCCC3)cc2)nc1C. The number of amides is 1. The van der Waals surface area contributed by atoms with Gasteiger partial charge in [0, 0.05) is 24.5 Å². The first-order valence-corrected chi connectivity index (χ1v) is 9.56. The molecule has 1 aliphatic rings. The van der Waals surface area contributed by atoms with Crippen LogP contribution in [0.15, 0.2) is 29.4 Å². The number of carbonyl (C=O) groups is 1. The van der Waals surface area contributed by atoms with Gasteiger partial charge in [0.1, 0.15) is 0 Å². The molecular weight excluding hydrogens is 334 g/mol. The Kier molecular flexibility index (Phi) is 5.86. The molecule has 2 heterocycles. The Balaban J connectivity index is 1.51. The summed E-state index contributed by atoms with van der Waals surface area (Å²) in [6, 6.07) is 8.07. The van der Waals surface area contributed by atoms with Gasteiger partial charge in [-0.15, -0.1) is 5.10 Å². The number of piperidine rings is 1. The smallest absolute Gasteiger partial charge is 0.234 e. The second-order valence-corrected chi connectivity index (χ2v) is 7.14. The maximum atomic E-state index is 12.1. The predicted octanol–water partition coefficient (Wildman–Crippen LogP) is 3.21. The lowest BCUT2D eigenvalue weighted by Crippen LogP contribution is -2.29. The number of hydrogen-bond donors (Lipinski definition) is 1. The Bertz CT molecular complexity index is 729. The number of thioether (sulfide) groups is 1. The fourth-order valence-corrected chi connectivity index (χ4v) is 3.37. The molecule has 0 spiro atoms. The van der Waals surface area contributed by atoms with Crippen molar-refractivity contribution < 1.29 is 4.79 Å². The van der Waals surface area contributed by atoms with Crippen LogP contribution in [0.25, 0.3) is 0 Å². The number of aromatic nitrogens is 3. The molecular formula is C18H23N5OS. The maximum absolute atomic E-state index is 12.1. The summed E-state index contributed by atoms with van der Waals surface area (Å²) in [4.78, 5) is 18.8. The molecule has 1 fully saturated rings. The molecule has 6 nitrogen and oxygen atoms in total. The number of hydrogen-bond acceptors (Lipinski definition) is 6. The molecule has 1 amide bonds. The third-order valence-corrected chi connectivity index (χ3v) is 5.11. The Morgan fingerprint density at radius 1 is 1.08 bits per heavy atom. The van der Waals surface area contributed by atoms with E-state index in [1.807, 2.05) is 26.0 Å². The van der Waals surface area contributed by atoms with Gasteiger partial charge in [-0.2, -0.15) is 5.10 Å². The number of aryl methyl sites for hydroxylation is 2. The lowest BCUT2D eigenvalue weighted by atomic mass is 10.1. The van der Waals surface area contributed by atoms with Gasteiger partial charge >= 0.3 is 0 Å². The van der Waals surface area contributed by atoms with Crippen molar-refractivity contribution in [1.29, 1.82) is 0 Å². The van der Waals surface area contributed by atoms with Crippen molar-refractivity contribution in [2.24, 2.45) is 0 Å². The molecule has 1 N–H and O–H groups in total. The second-order valence-electron chi connectivity index (χ2n) is 6.20. The summed E-state index contributed by atoms with van der Waals surface area (Å²) in [5.41, 5.74) is 3.68. The minimum absolute atomic E-state index is 0.0717. The van der Waals surface area contributed by atoms with Gasteiger partial charge in [-0.1, -0.05) is 11.8 Å². The van der Waals surface area contributed by atoms with Gasteiger partial charge in [0.05, 0.1) is 17.1 Å². The van der Waals surface area contributed by atoms with Crippen LogP contribution in [0.3, 0.4) is 0 Å². The van der Waals surface area contributed by atoms with E-state index in [0.717, 1.165) is 30.2 Å². The van der Waals surface area contributed by atoms with E-state index in [9.17, 15) is 4.79 Å². The van der Waals surface area contributed by atoms with E-state index < -0.39 is 0 Å². The third-order valence-electron chi connectivity index (χ3n) is 4.28. The van der Waals surface area contributed by atoms with Gasteiger partial charge in [-0.3, -0.25) is 4.79 Å². The fraction of sp³-hybridized carbons (Fsp3) is 0.444. The van der Waals surface area contributed by atoms with Crippen LogP contribution in [0.4, 0.5) is 11.4 Å². The summed E-state index contributed by atoms with van der Waals surface area (Å²) >= 11 is 1.29. The zero-order valence-electron chi connectivity index (χ0n) is 14.7. The van der Waals surface area contributed by atoms with E-state index in [-0.39, 0.29) is 11.7 Å². The van der Waals surface area contributed by atoms with Crippen LogP contribution in [0, 0.1) is 13.8 Å². The average molecular weight is 357 g/mol. The second kappa shape index (κ2) is 8.29. The first-order valence-electron chi connectivity index (χ1n) is 8.57. The molecule has 2 aromatic rings. The van der Waals surface area contributed by atoms with Crippen LogP contribution in [-0.2, 0) is 4.79 Å². The monoisotopic (exact) mass is 357 g/mol. The average Bonchev–Trinajstić information content (AvgIpc) is 2.64. The normalized spacial score (nSPS) is 14.4. The molecule has 0 bridgehead atoms. The topological polar surface area (TPSA) is 71.0 Å². The molecule has 1 aromatic heterocycles. The molecule has 7 heteroatoms. The van der Waals surface area contributed by atoms with Crippen LogP contribution in [0.5, 0.6) is 0 Å². The fourth-order valence-electron chi connectivity index (χ4n) is 2.73. The van der Waals surface area contributed by atoms with Crippen LogP contribution in [0.2, 0.25) is 0 Å². The van der Waals surface area contributed by atoms with Gasteiger partial charge in [-0.25, -0.2) is 4.98 Å². The van der Waals surface area contributed by atoms with E-state index >= 15 is 0 Å². The van der Waals surface area contributed by atoms with Gasteiger partial charge in [0.25, 0.3) is 0 Å². The van der Waals surface area contributed by atoms with E-state index in [1.165, 1.54) is 36.7 Å². The number of nitrogens with zero attached hydrogens (tertiary/aromatic N) is 4. The highest BCUT2D eigenvalue weighted by molar-refractivity contribution is 7.99. The first kappa shape index (κ1) is 17.7. The standard InChI is InChI=1S/C18H23N5OS/c1-13-14(2)21-22-18(19-13)25-12-17(24)20-15-6-8-16(9-7-15)23-10-4-3-5-11-23/h6-9H,3-5,10-12H2,1-2H3,(H,20,24). The summed E-state index contributed by atoms with van der Waals surface area (Å²) in [6.07, 6.45) is 3.83. The maximum Gasteiger partial charge on any atom is 0.234 e. The van der Waals surface area contributed by atoms with Gasteiger partial charge in [0.2, 0.25) is 11.1 Å². The van der Waals surface area contributed by atoms with Crippen molar-refractivity contribution in [3.63, 3.8) is 0 Å². The van der Waals surface area contributed by atoms with E-state index in [2.05, 4.69) is 37.5 Å². The lowest BCUT2D eigenvalue weighted by Gasteiger charge is -2.28. The molecule has 0 radical (unpaired) electrons. The van der Waals surface area contributed by atoms with Gasteiger partial charge in [-0.05, 0) is 57.4 Å². The van der Waals surface area contributed by atoms with E-state index in [0.29, 0.717) is 5.16 Å². The highest BCUT2D eigenvalue weighted by atomic mass is 32.2. The molecule has 132 valence electrons. The van der Waals surface area contributed by atoms with Crippen molar-refractivity contribution in [2.45, 2.75) is 38.3 Å². The number of carbonyl (C=O) groups excluding carboxylic acids is 1. The van der Waals surface area contributed by atoms with E-state index in [1.54, 1.807) is 0 Å². The van der Waals surface area contributed by atoms with Crippen LogP contribution in [0.1, 0.15) is 30.7 Å². The third kappa shape index (κ3) is 4.92. The van der Waals surface area contributed by atoms with Crippen molar-refractivity contribution in [3.05, 3.63) is 35.7 Å². The summed E-state index contributed by atoms with van der Waals surface area (Å²) in [7, 11) is 0. The molecule has 1 aromatic carbocycles. The molecule has 25 heavy (non-hydrogen) atoms. The van der Waals surface area contributed by atoms with Crippen molar-refractivity contribution in [2.75, 3.05) is 29.1 Å². The summed E-state index contributed by atoms with van der Waals surface area (Å²) in [6.45, 7) is 5.99. The molecule has 1 saturated heterocycles. The summed E-state index contributed by atoms with van der Waals surface area (Å²) in [5.74, 6) is 0.190. The highest BCUT2D eigenvalue weighted by Crippen LogP contribution is 2.22. The van der Waals surface area contributed by atoms with Gasteiger partial charge < -0.3 is 10.2 Å². The van der Waals surface area contributed by atoms with Crippen LogP contribution < -0.4 is 10.2 Å². The Labute approximate surface area is 152 Å². The van der Waals surface area contributed by atoms with Gasteiger partial charge in [0.15, 0.2) is 0 Å². The lowest BCUT2D eigenvalue weighted by molar-refractivity contribution is -0.113. The number of nitrogens with one attached hydrogen (secondary N) is 1. The first-order chi connectivity index (χ1) is 12.1. The summed E-state index contributed by atoms with van der Waals surface area (Å²) < 4.78 is 0. The Morgan fingerprint density at radius 3 is 2.48 bits per heavy atom. The van der Waals surface area contributed by atoms with Crippen LogP contribution >= 0.6 is 11.8 Å². The number of anilines is 2. The highest BCUT2D eigenvalue weighted by Gasteiger charge is 2.11. The van der Waals surface area contributed by atoms with E-state index in [4.69, 9.17) is 0 Å². The predicted molar refractivity (Wildman–Crippen MR) is 101 cm³/mol. The molecule has 0 atom stereocenters. The molecule has 0 aliphatic carbocycles. The largest absolute Gasteiger partial charge is 0.372 e. The quantitative estimate of drug-likeness (QED) is 0.829. The van der Waals surface area contributed by atoms with Crippen molar-refractivity contribution in [3.8, 4) is 0 Å². The zero-order chi connectivity index (χ0) is 17.6. The van der Waals surface area contributed by atoms with Crippen LogP contribution in [-0.4, -0.2) is 39.9 Å². The number of rotatable bonds is 5. The van der Waals surface area contributed by atoms with Crippen molar-refractivity contribution in [1.82, 2.24) is 15.2 Å². The molecule has 1 aliphatic heterocycles. The Morgan fingerprint density at radius 2 is 1.80 bits per heavy atom. The Hall–Kier alpha value is -2.15. The number of benzene rings is 1. The molecule has 0 unspecified atom stereocenters. The molecule has 0 saturated carbocycles. The zero-order valence-corrected chi connectivity index (χ0v) is 15.5. The minimum Gasteiger partial charge on any atom is -0.372 e. The minimum atomic E-state index is -0.0717. The van der Waals surface area contributed by atoms with Crippen molar-refractivity contribution >= 4 is 29.0 Å².